The molecule has 1 aliphatic rings. The highest BCUT2D eigenvalue weighted by atomic mass is 127. The van der Waals surface area contributed by atoms with Crippen molar-refractivity contribution >= 4 is 28.3 Å². The lowest BCUT2D eigenvalue weighted by Gasteiger charge is -2.14. The van der Waals surface area contributed by atoms with Gasteiger partial charge in [0.25, 0.3) is 5.70 Å². The number of nitrogens with zero attached hydrogens (tertiary/aromatic N) is 2. The summed E-state index contributed by atoms with van der Waals surface area (Å²) in [6, 6.07) is 0. The minimum absolute atomic E-state index is 0.145. The molecular formula is C12H15IN2O2. The molecule has 0 bridgehead atoms. The minimum atomic E-state index is -0.361. The number of hydrogen-bond donors (Lipinski definition) is 0. The minimum Gasteiger partial charge on any atom is -0.276 e. The van der Waals surface area contributed by atoms with Crippen molar-refractivity contribution in [1.82, 2.24) is 0 Å². The zero-order chi connectivity index (χ0) is 12.8. The van der Waals surface area contributed by atoms with E-state index in [4.69, 9.17) is 0 Å². The fraction of sp³-hybridized carbons (Fsp3) is 0.417. The Morgan fingerprint density at radius 3 is 2.88 bits per heavy atom. The molecule has 0 spiro atoms. The van der Waals surface area contributed by atoms with Crippen LogP contribution in [0.3, 0.4) is 0 Å². The van der Waals surface area contributed by atoms with Crippen LogP contribution in [0.15, 0.2) is 41.1 Å². The summed E-state index contributed by atoms with van der Waals surface area (Å²) in [5, 5.41) is 10.6. The van der Waals surface area contributed by atoms with Crippen LogP contribution < -0.4 is 0 Å². The van der Waals surface area contributed by atoms with Gasteiger partial charge in [0.05, 0.1) is 8.97 Å². The normalized spacial score (nSPS) is 22.6. The molecule has 0 amide bonds. The number of allylic oxidation sites excluding steroid dienone is 5. The molecule has 0 aromatic rings. The van der Waals surface area contributed by atoms with Gasteiger partial charge in [0.1, 0.15) is 0 Å². The molecule has 5 heteroatoms. The van der Waals surface area contributed by atoms with Crippen molar-refractivity contribution in [2.45, 2.75) is 24.3 Å². The first-order valence-corrected chi connectivity index (χ1v) is 6.66. The maximum Gasteiger partial charge on any atom is 0.265 e. The molecule has 0 heterocycles. The summed E-state index contributed by atoms with van der Waals surface area (Å²) in [5.74, 6) is 0.145. The van der Waals surface area contributed by atoms with Gasteiger partial charge in [0.2, 0.25) is 0 Å². The summed E-state index contributed by atoms with van der Waals surface area (Å²) >= 11 is 2.24. The first kappa shape index (κ1) is 14.1. The molecule has 0 fully saturated rings. The highest BCUT2D eigenvalue weighted by Gasteiger charge is 2.18. The van der Waals surface area contributed by atoms with Crippen LogP contribution in [-0.2, 0) is 0 Å². The second-order valence-corrected chi connectivity index (χ2v) is 5.52. The molecule has 1 aliphatic carbocycles. The van der Waals surface area contributed by atoms with Crippen molar-refractivity contribution in [1.29, 1.82) is 0 Å². The zero-order valence-electron chi connectivity index (χ0n) is 9.84. The lowest BCUT2D eigenvalue weighted by molar-refractivity contribution is -0.419. The van der Waals surface area contributed by atoms with Crippen LogP contribution in [0.5, 0.6) is 0 Å². The van der Waals surface area contributed by atoms with Gasteiger partial charge in [-0.05, 0) is 32.4 Å². The first-order valence-electron chi connectivity index (χ1n) is 5.41. The van der Waals surface area contributed by atoms with Crippen LogP contribution in [0.1, 0.15) is 20.3 Å². The molecular weight excluding hydrogens is 331 g/mol. The molecule has 1 rings (SSSR count). The van der Waals surface area contributed by atoms with Gasteiger partial charge in [-0.15, -0.1) is 0 Å². The van der Waals surface area contributed by atoms with E-state index < -0.39 is 0 Å². The summed E-state index contributed by atoms with van der Waals surface area (Å²) < 4.78 is 0.202. The van der Waals surface area contributed by atoms with Gasteiger partial charge in [-0.2, -0.15) is 0 Å². The maximum absolute atomic E-state index is 10.6. The largest absolute Gasteiger partial charge is 0.276 e. The molecule has 2 atom stereocenters. The predicted molar refractivity (Wildman–Crippen MR) is 78.1 cm³/mol. The third kappa shape index (κ3) is 4.41. The summed E-state index contributed by atoms with van der Waals surface area (Å²) in [5.41, 5.74) is 1.15. The van der Waals surface area contributed by atoms with E-state index >= 15 is 0 Å². The Morgan fingerprint density at radius 1 is 1.76 bits per heavy atom. The monoisotopic (exact) mass is 346 g/mol. The van der Waals surface area contributed by atoms with Crippen LogP contribution in [0, 0.1) is 16.0 Å². The van der Waals surface area contributed by atoms with Gasteiger partial charge in [-0.3, -0.25) is 15.1 Å². The smallest absolute Gasteiger partial charge is 0.265 e. The molecule has 0 saturated heterocycles. The summed E-state index contributed by atoms with van der Waals surface area (Å²) in [4.78, 5) is 14.7. The summed E-state index contributed by atoms with van der Waals surface area (Å²) in [6.07, 6.45) is 9.62. The van der Waals surface area contributed by atoms with Crippen molar-refractivity contribution in [2.24, 2.45) is 10.9 Å². The van der Waals surface area contributed by atoms with Gasteiger partial charge in [-0.25, -0.2) is 0 Å². The van der Waals surface area contributed by atoms with E-state index in [0.29, 0.717) is 6.42 Å². The molecule has 0 aromatic heterocycles. The fourth-order valence-electron chi connectivity index (χ4n) is 1.60. The number of alkyl halides is 1. The third-order valence-electron chi connectivity index (χ3n) is 2.34. The van der Waals surface area contributed by atoms with Gasteiger partial charge in [0, 0.05) is 17.7 Å². The van der Waals surface area contributed by atoms with Crippen LogP contribution in [0.2, 0.25) is 0 Å². The Bertz CT molecular complexity index is 409. The molecule has 4 nitrogen and oxygen atoms in total. The van der Waals surface area contributed by atoms with Crippen molar-refractivity contribution in [2.75, 3.05) is 0 Å². The van der Waals surface area contributed by atoms with Gasteiger partial charge >= 0.3 is 0 Å². The topological polar surface area (TPSA) is 55.5 Å². The van der Waals surface area contributed by atoms with Gasteiger partial charge in [0.15, 0.2) is 0 Å². The van der Waals surface area contributed by atoms with E-state index in [9.17, 15) is 10.1 Å². The van der Waals surface area contributed by atoms with E-state index in [2.05, 4.69) is 27.6 Å². The van der Waals surface area contributed by atoms with E-state index in [1.54, 1.807) is 12.2 Å². The summed E-state index contributed by atoms with van der Waals surface area (Å²) in [7, 11) is 0. The molecule has 0 saturated carbocycles. The second-order valence-electron chi connectivity index (χ2n) is 3.72. The molecule has 0 N–H and O–H groups in total. The van der Waals surface area contributed by atoms with E-state index in [1.807, 2.05) is 32.1 Å². The molecule has 0 aromatic carbocycles. The average molecular weight is 346 g/mol. The van der Waals surface area contributed by atoms with Crippen molar-refractivity contribution in [3.63, 3.8) is 0 Å². The van der Waals surface area contributed by atoms with Crippen LogP contribution >= 0.6 is 22.6 Å². The average Bonchev–Trinajstić information content (AvgIpc) is 2.28. The fourth-order valence-corrected chi connectivity index (χ4v) is 1.92. The maximum atomic E-state index is 10.6. The first-order chi connectivity index (χ1) is 8.04. The van der Waals surface area contributed by atoms with Crippen LogP contribution in [0.4, 0.5) is 0 Å². The lowest BCUT2D eigenvalue weighted by Crippen LogP contribution is -2.14. The Kier molecular flexibility index (Phi) is 5.54. The molecule has 0 radical (unpaired) electrons. The lowest BCUT2D eigenvalue weighted by atomic mass is 9.94. The Hall–Kier alpha value is -0.980. The van der Waals surface area contributed by atoms with Crippen LogP contribution in [-0.4, -0.2) is 14.7 Å². The summed E-state index contributed by atoms with van der Waals surface area (Å²) in [6.45, 7) is 3.95. The van der Waals surface area contributed by atoms with Crippen LogP contribution in [0.25, 0.3) is 0 Å². The highest BCUT2D eigenvalue weighted by molar-refractivity contribution is 14.1. The van der Waals surface area contributed by atoms with Gasteiger partial charge in [-0.1, -0.05) is 34.7 Å². The van der Waals surface area contributed by atoms with E-state index in [1.165, 1.54) is 0 Å². The Balaban J connectivity index is 2.82. The zero-order valence-corrected chi connectivity index (χ0v) is 12.0. The second kappa shape index (κ2) is 6.68. The number of nitro groups is 1. The van der Waals surface area contributed by atoms with Crippen molar-refractivity contribution in [3.8, 4) is 0 Å². The number of halogens is 1. The molecule has 0 aliphatic heterocycles. The third-order valence-corrected chi connectivity index (χ3v) is 2.61. The standard InChI is InChI=1S/C12H15IN2O2/c1-3-4-12(14-9(2)13)10-5-7-11(8-6-10)15(16)17/h3-5,7-10H,6H2,1-2H3/b4-3-,14-12+. The SMILES string of the molecule is C/C=C\C(=N/C(C)I)C1C=CC([N+](=O)[O-])=CC1. The number of rotatable bonds is 4. The number of hydrogen-bond acceptors (Lipinski definition) is 3. The predicted octanol–water partition coefficient (Wildman–Crippen LogP) is 3.52. The molecule has 17 heavy (non-hydrogen) atoms. The van der Waals surface area contributed by atoms with Crippen molar-refractivity contribution in [3.05, 3.63) is 46.2 Å². The van der Waals surface area contributed by atoms with E-state index in [0.717, 1.165) is 5.71 Å². The molecule has 2 unspecified atom stereocenters. The Labute approximate surface area is 114 Å². The number of aliphatic imine (C=N–C) groups is 1. The van der Waals surface area contributed by atoms with Crippen molar-refractivity contribution < 1.29 is 4.92 Å². The van der Waals surface area contributed by atoms with Gasteiger partial charge < -0.3 is 0 Å². The quantitative estimate of drug-likeness (QED) is 0.195. The van der Waals surface area contributed by atoms with E-state index in [-0.39, 0.29) is 20.6 Å². The highest BCUT2D eigenvalue weighted by Crippen LogP contribution is 2.20. The Morgan fingerprint density at radius 2 is 2.47 bits per heavy atom. The molecule has 92 valence electrons.